The van der Waals surface area contributed by atoms with Gasteiger partial charge in [-0.1, -0.05) is 81.8 Å². The van der Waals surface area contributed by atoms with Gasteiger partial charge in [-0.3, -0.25) is 0 Å². The average molecular weight is 635 g/mol. The van der Waals surface area contributed by atoms with Crippen LogP contribution in [0.25, 0.3) is 0 Å². The summed E-state index contributed by atoms with van der Waals surface area (Å²) in [7, 11) is 0. The number of hydrogen-bond donors (Lipinski definition) is 1. The first-order valence-corrected chi connectivity index (χ1v) is 16.8. The Hall–Kier alpha value is -2.24. The van der Waals surface area contributed by atoms with E-state index in [1.165, 1.54) is 38.5 Å². The first-order valence-electron chi connectivity index (χ1n) is 16.8. The molecule has 0 aromatic heterocycles. The Kier molecular flexibility index (Phi) is 25.3. The largest absolute Gasteiger partial charge is 0.504 e. The monoisotopic (exact) mass is 634 g/mol. The van der Waals surface area contributed by atoms with E-state index < -0.39 is 0 Å². The molecule has 0 saturated heterocycles. The van der Waals surface area contributed by atoms with Gasteiger partial charge in [-0.15, -0.1) is 0 Å². The first kappa shape index (κ1) is 38.9. The SMILES string of the molecule is CCCCCCCCCc1ccc(OCCOCCOCCOCCOCCOCCOCCOCc2ccccc2)c(O)c1. The third-order valence-electron chi connectivity index (χ3n) is 6.92. The van der Waals surface area contributed by atoms with E-state index in [1.807, 2.05) is 48.5 Å². The van der Waals surface area contributed by atoms with Gasteiger partial charge in [0.05, 0.1) is 92.5 Å². The number of benzene rings is 2. The van der Waals surface area contributed by atoms with Crippen LogP contribution < -0.4 is 4.74 Å². The van der Waals surface area contributed by atoms with Crippen LogP contribution in [0, 0.1) is 0 Å². The minimum absolute atomic E-state index is 0.190. The predicted octanol–water partition coefficient (Wildman–Crippen LogP) is 6.38. The van der Waals surface area contributed by atoms with E-state index in [2.05, 4.69) is 6.92 Å². The van der Waals surface area contributed by atoms with Crippen LogP contribution >= 0.6 is 0 Å². The molecular weight excluding hydrogens is 576 g/mol. The van der Waals surface area contributed by atoms with Crippen LogP contribution in [-0.4, -0.2) is 97.6 Å². The lowest BCUT2D eigenvalue weighted by atomic mass is 10.0. The van der Waals surface area contributed by atoms with E-state index >= 15 is 0 Å². The summed E-state index contributed by atoms with van der Waals surface area (Å²) in [4.78, 5) is 0. The van der Waals surface area contributed by atoms with E-state index in [4.69, 9.17) is 37.9 Å². The van der Waals surface area contributed by atoms with Crippen LogP contribution in [0.15, 0.2) is 48.5 Å². The molecule has 1 N–H and O–H groups in total. The Morgan fingerprint density at radius 3 is 1.44 bits per heavy atom. The Morgan fingerprint density at radius 1 is 0.467 bits per heavy atom. The molecule has 0 heterocycles. The van der Waals surface area contributed by atoms with Crippen LogP contribution in [0.4, 0.5) is 0 Å². The highest BCUT2D eigenvalue weighted by atomic mass is 16.6. The fourth-order valence-electron chi connectivity index (χ4n) is 4.42. The molecule has 9 heteroatoms. The van der Waals surface area contributed by atoms with Crippen molar-refractivity contribution in [1.82, 2.24) is 0 Å². The fourth-order valence-corrected chi connectivity index (χ4v) is 4.42. The van der Waals surface area contributed by atoms with Crippen LogP contribution in [0.2, 0.25) is 0 Å². The lowest BCUT2D eigenvalue weighted by molar-refractivity contribution is -0.0218. The smallest absolute Gasteiger partial charge is 0.161 e. The third-order valence-corrected chi connectivity index (χ3v) is 6.92. The topological polar surface area (TPSA) is 94.1 Å². The molecule has 2 rings (SSSR count). The lowest BCUT2D eigenvalue weighted by Crippen LogP contribution is -2.15. The number of phenolic OH excluding ortho intramolecular Hbond substituents is 1. The molecule has 9 nitrogen and oxygen atoms in total. The van der Waals surface area contributed by atoms with E-state index in [0.29, 0.717) is 105 Å². The molecule has 0 bridgehead atoms. The molecular formula is C36H58O9. The molecule has 0 amide bonds. The number of ether oxygens (including phenoxy) is 8. The summed E-state index contributed by atoms with van der Waals surface area (Å²) in [5, 5.41) is 10.3. The molecule has 0 aliphatic carbocycles. The Morgan fingerprint density at radius 2 is 0.933 bits per heavy atom. The molecule has 0 radical (unpaired) electrons. The molecule has 2 aromatic rings. The molecule has 0 spiro atoms. The zero-order chi connectivity index (χ0) is 31.9. The Labute approximate surface area is 271 Å². The van der Waals surface area contributed by atoms with Gasteiger partial charge in [0.2, 0.25) is 0 Å². The summed E-state index contributed by atoms with van der Waals surface area (Å²) < 4.78 is 44.3. The third kappa shape index (κ3) is 22.8. The second-order valence-electron chi connectivity index (χ2n) is 10.7. The van der Waals surface area contributed by atoms with Crippen molar-refractivity contribution >= 4 is 0 Å². The van der Waals surface area contributed by atoms with E-state index in [9.17, 15) is 5.11 Å². The van der Waals surface area contributed by atoms with Crippen molar-refractivity contribution < 1.29 is 43.0 Å². The minimum atomic E-state index is 0.190. The average Bonchev–Trinajstić information content (AvgIpc) is 3.06. The molecule has 0 atom stereocenters. The maximum Gasteiger partial charge on any atom is 0.161 e. The van der Waals surface area contributed by atoms with Crippen molar-refractivity contribution in [2.75, 3.05) is 92.5 Å². The minimum Gasteiger partial charge on any atom is -0.504 e. The van der Waals surface area contributed by atoms with E-state index in [-0.39, 0.29) is 5.75 Å². The van der Waals surface area contributed by atoms with Gasteiger partial charge in [-0.25, -0.2) is 0 Å². The number of aryl methyl sites for hydroxylation is 1. The molecule has 0 saturated carbocycles. The fraction of sp³-hybridized carbons (Fsp3) is 0.667. The van der Waals surface area contributed by atoms with Gasteiger partial charge in [-0.05, 0) is 36.1 Å². The summed E-state index contributed by atoms with van der Waals surface area (Å²) in [5.74, 6) is 0.684. The zero-order valence-electron chi connectivity index (χ0n) is 27.6. The summed E-state index contributed by atoms with van der Waals surface area (Å²) >= 11 is 0. The van der Waals surface area contributed by atoms with Crippen molar-refractivity contribution in [1.29, 1.82) is 0 Å². The number of phenols is 1. The van der Waals surface area contributed by atoms with E-state index in [1.54, 1.807) is 0 Å². The first-order chi connectivity index (χ1) is 22.3. The summed E-state index contributed by atoms with van der Waals surface area (Å²) in [6.45, 7) is 9.86. The quantitative estimate of drug-likeness (QED) is 0.0921. The highest BCUT2D eigenvalue weighted by Gasteiger charge is 2.05. The van der Waals surface area contributed by atoms with E-state index in [0.717, 1.165) is 24.0 Å². The number of hydrogen-bond acceptors (Lipinski definition) is 9. The summed E-state index contributed by atoms with van der Waals surface area (Å²) in [6, 6.07) is 15.8. The maximum atomic E-state index is 10.3. The highest BCUT2D eigenvalue weighted by molar-refractivity contribution is 5.41. The second-order valence-corrected chi connectivity index (χ2v) is 10.7. The molecule has 256 valence electrons. The zero-order valence-corrected chi connectivity index (χ0v) is 27.6. The van der Waals surface area contributed by atoms with Gasteiger partial charge in [0, 0.05) is 0 Å². The molecule has 0 aliphatic rings. The predicted molar refractivity (Wildman–Crippen MR) is 176 cm³/mol. The summed E-state index contributed by atoms with van der Waals surface area (Å²) in [5.41, 5.74) is 2.31. The number of rotatable bonds is 32. The van der Waals surface area contributed by atoms with Crippen molar-refractivity contribution in [3.05, 3.63) is 59.7 Å². The van der Waals surface area contributed by atoms with Crippen molar-refractivity contribution in [3.8, 4) is 11.5 Å². The normalized spacial score (nSPS) is 11.3. The van der Waals surface area contributed by atoms with Crippen LogP contribution in [0.1, 0.15) is 63.0 Å². The summed E-state index contributed by atoms with van der Waals surface area (Å²) in [6.07, 6.45) is 9.98. The van der Waals surface area contributed by atoms with Gasteiger partial charge >= 0.3 is 0 Å². The van der Waals surface area contributed by atoms with Gasteiger partial charge < -0.3 is 43.0 Å². The van der Waals surface area contributed by atoms with Crippen molar-refractivity contribution in [3.63, 3.8) is 0 Å². The van der Waals surface area contributed by atoms with Gasteiger partial charge in [0.1, 0.15) is 6.61 Å². The Balaban J connectivity index is 1.25. The lowest BCUT2D eigenvalue weighted by Gasteiger charge is -2.10. The number of unbranched alkanes of at least 4 members (excludes halogenated alkanes) is 6. The van der Waals surface area contributed by atoms with Gasteiger partial charge in [0.25, 0.3) is 0 Å². The molecule has 0 unspecified atom stereocenters. The highest BCUT2D eigenvalue weighted by Crippen LogP contribution is 2.27. The van der Waals surface area contributed by atoms with Gasteiger partial charge in [0.15, 0.2) is 11.5 Å². The van der Waals surface area contributed by atoms with Crippen molar-refractivity contribution in [2.45, 2.75) is 64.9 Å². The van der Waals surface area contributed by atoms with Gasteiger partial charge in [-0.2, -0.15) is 0 Å². The second kappa shape index (κ2) is 29.2. The molecule has 45 heavy (non-hydrogen) atoms. The van der Waals surface area contributed by atoms with Crippen LogP contribution in [0.5, 0.6) is 11.5 Å². The Bertz CT molecular complexity index is 913. The van der Waals surface area contributed by atoms with Crippen LogP contribution in [0.3, 0.4) is 0 Å². The van der Waals surface area contributed by atoms with Crippen molar-refractivity contribution in [2.24, 2.45) is 0 Å². The molecule has 2 aromatic carbocycles. The van der Waals surface area contributed by atoms with Crippen LogP contribution in [-0.2, 0) is 46.2 Å². The maximum absolute atomic E-state index is 10.3. The molecule has 0 aliphatic heterocycles. The number of aromatic hydroxyl groups is 1. The molecule has 0 fully saturated rings. The standard InChI is InChI=1S/C36H58O9/c1-2-3-4-5-6-7-9-12-33-15-16-36(35(37)31-33)45-30-29-43-26-25-41-22-21-39-18-17-38-19-20-40-23-24-42-27-28-44-32-34-13-10-8-11-14-34/h8,10-11,13-16,31,37H,2-7,9,12,17-30,32H2,1H3.